The van der Waals surface area contributed by atoms with Crippen LogP contribution in [0.4, 0.5) is 0 Å². The van der Waals surface area contributed by atoms with Gasteiger partial charge in [-0.1, -0.05) is 39.0 Å². The van der Waals surface area contributed by atoms with Crippen LogP contribution in [0.2, 0.25) is 0 Å². The van der Waals surface area contributed by atoms with Crippen molar-refractivity contribution >= 4 is 11.9 Å². The molecule has 0 unspecified atom stereocenters. The maximum Gasteiger partial charge on any atom is 0.319 e. The minimum Gasteiger partial charge on any atom is -0.468 e. The molecule has 1 fully saturated rings. The van der Waals surface area contributed by atoms with Crippen LogP contribution in [0.15, 0.2) is 0 Å². The maximum atomic E-state index is 12.0. The average Bonchev–Trinajstić information content (AvgIpc) is 2.90. The highest BCUT2D eigenvalue weighted by Crippen LogP contribution is 2.06. The number of carbonyl (C=O) groups excluding carboxylic acids is 2. The summed E-state index contributed by atoms with van der Waals surface area (Å²) in [5.41, 5.74) is 0. The van der Waals surface area contributed by atoms with Crippen LogP contribution in [0.5, 0.6) is 0 Å². The molecule has 1 rings (SSSR count). The number of carbonyl (C=O) groups is 2. The molecule has 11 nitrogen and oxygen atoms in total. The van der Waals surface area contributed by atoms with Crippen molar-refractivity contribution in [1.29, 1.82) is 0 Å². The van der Waals surface area contributed by atoms with Gasteiger partial charge in [-0.3, -0.25) is 29.2 Å². The lowest BCUT2D eigenvalue weighted by Crippen LogP contribution is -2.48. The lowest BCUT2D eigenvalue weighted by molar-refractivity contribution is -0.273. The largest absolute Gasteiger partial charge is 0.468 e. The van der Waals surface area contributed by atoms with Gasteiger partial charge < -0.3 is 14.2 Å². The first-order chi connectivity index (χ1) is 18.0. The Morgan fingerprint density at radius 2 is 1.11 bits per heavy atom. The molecule has 1 heterocycles. The van der Waals surface area contributed by atoms with Gasteiger partial charge >= 0.3 is 11.9 Å². The Morgan fingerprint density at radius 1 is 0.622 bits per heavy atom. The second-order valence-electron chi connectivity index (χ2n) is 9.46. The number of ether oxygens (including phenoxy) is 3. The molecule has 0 radical (unpaired) electrons. The van der Waals surface area contributed by atoms with Crippen LogP contribution >= 0.6 is 0 Å². The molecule has 1 saturated heterocycles. The maximum absolute atomic E-state index is 12.0. The topological polar surface area (TPSA) is 93.3 Å². The molecule has 37 heavy (non-hydrogen) atoms. The van der Waals surface area contributed by atoms with Crippen LogP contribution < -0.4 is 0 Å². The molecule has 0 aromatic carbocycles. The number of nitrogens with zero attached hydrogens (tertiary/aromatic N) is 4. The lowest BCUT2D eigenvalue weighted by Gasteiger charge is -2.33. The van der Waals surface area contributed by atoms with Crippen molar-refractivity contribution < 1.29 is 33.6 Å². The number of hydrogen-bond acceptors (Lipinski definition) is 11. The predicted molar refractivity (Wildman–Crippen MR) is 142 cm³/mol. The van der Waals surface area contributed by atoms with Gasteiger partial charge in [0, 0.05) is 65.5 Å². The smallest absolute Gasteiger partial charge is 0.319 e. The molecule has 1 aliphatic heterocycles. The molecule has 0 spiro atoms. The van der Waals surface area contributed by atoms with Gasteiger partial charge in [-0.25, -0.2) is 9.78 Å². The molecule has 0 N–H and O–H groups in total. The summed E-state index contributed by atoms with van der Waals surface area (Å²) in [5.74, 6) is -0.531. The predicted octanol–water partition coefficient (Wildman–Crippen LogP) is 1.47. The summed E-state index contributed by atoms with van der Waals surface area (Å²) in [5, 5.41) is 0. The normalized spacial score (nSPS) is 17.7. The molecular weight excluding hydrogens is 480 g/mol. The van der Waals surface area contributed by atoms with E-state index in [0.717, 1.165) is 45.8 Å². The third-order valence-corrected chi connectivity index (χ3v) is 6.62. The van der Waals surface area contributed by atoms with Gasteiger partial charge in [-0.15, -0.1) is 0 Å². The van der Waals surface area contributed by atoms with Crippen molar-refractivity contribution in [2.45, 2.75) is 45.4 Å². The van der Waals surface area contributed by atoms with Crippen LogP contribution in [-0.2, 0) is 33.6 Å². The van der Waals surface area contributed by atoms with E-state index in [4.69, 9.17) is 24.0 Å². The number of rotatable bonds is 17. The number of unbranched alkanes of at least 4 members (excludes halogenated alkanes) is 5. The van der Waals surface area contributed by atoms with E-state index in [1.807, 2.05) is 0 Å². The second-order valence-corrected chi connectivity index (χ2v) is 9.46. The van der Waals surface area contributed by atoms with E-state index in [9.17, 15) is 9.59 Å². The average molecular weight is 533 g/mol. The summed E-state index contributed by atoms with van der Waals surface area (Å²) in [4.78, 5) is 42.7. The summed E-state index contributed by atoms with van der Waals surface area (Å²) in [6.07, 6.45) is 7.44. The quantitative estimate of drug-likeness (QED) is 0.118. The number of methoxy groups -OCH3 is 2. The van der Waals surface area contributed by atoms with E-state index >= 15 is 0 Å². The Kier molecular flexibility index (Phi) is 20.6. The lowest BCUT2D eigenvalue weighted by atomic mass is 10.1. The van der Waals surface area contributed by atoms with Gasteiger partial charge in [0.05, 0.1) is 47.8 Å². The van der Waals surface area contributed by atoms with Gasteiger partial charge in [0.2, 0.25) is 0 Å². The van der Waals surface area contributed by atoms with Crippen molar-refractivity contribution in [3.8, 4) is 0 Å². The summed E-state index contributed by atoms with van der Waals surface area (Å²) >= 11 is 0. The van der Waals surface area contributed by atoms with Crippen molar-refractivity contribution in [2.75, 3.05) is 113 Å². The zero-order valence-corrected chi connectivity index (χ0v) is 23.8. The molecule has 0 aliphatic carbocycles. The Morgan fingerprint density at radius 3 is 1.62 bits per heavy atom. The van der Waals surface area contributed by atoms with Crippen LogP contribution in [0.25, 0.3) is 0 Å². The van der Waals surface area contributed by atoms with Gasteiger partial charge in [0.1, 0.15) is 0 Å². The Hall–Kier alpha value is -1.34. The van der Waals surface area contributed by atoms with E-state index in [1.165, 1.54) is 53.4 Å². The first kappa shape index (κ1) is 33.7. The fourth-order valence-electron chi connectivity index (χ4n) is 4.17. The monoisotopic (exact) mass is 532 g/mol. The minimum atomic E-state index is -0.269. The molecule has 0 bridgehead atoms. The Balaban J connectivity index is 2.75. The fourth-order valence-corrected chi connectivity index (χ4v) is 4.17. The summed E-state index contributed by atoms with van der Waals surface area (Å²) in [7, 11) is 4.32. The van der Waals surface area contributed by atoms with Crippen LogP contribution in [0.1, 0.15) is 45.4 Å². The molecule has 0 saturated carbocycles. The highest BCUT2D eigenvalue weighted by Gasteiger charge is 2.20. The van der Waals surface area contributed by atoms with E-state index in [1.54, 1.807) is 0 Å². The van der Waals surface area contributed by atoms with Crippen LogP contribution in [0.3, 0.4) is 0 Å². The Bertz CT molecular complexity index is 585. The summed E-state index contributed by atoms with van der Waals surface area (Å²) in [6, 6.07) is 0. The van der Waals surface area contributed by atoms with Crippen LogP contribution in [0, 0.1) is 0 Å². The van der Waals surface area contributed by atoms with Gasteiger partial charge in [0.15, 0.2) is 0 Å². The van der Waals surface area contributed by atoms with Gasteiger partial charge in [-0.05, 0) is 6.42 Å². The van der Waals surface area contributed by atoms with Crippen molar-refractivity contribution in [1.82, 2.24) is 19.6 Å². The zero-order chi connectivity index (χ0) is 27.1. The van der Waals surface area contributed by atoms with E-state index in [-0.39, 0.29) is 25.0 Å². The van der Waals surface area contributed by atoms with Crippen LogP contribution in [-0.4, -0.2) is 145 Å². The third-order valence-electron chi connectivity index (χ3n) is 6.62. The van der Waals surface area contributed by atoms with Crippen molar-refractivity contribution in [3.05, 3.63) is 0 Å². The van der Waals surface area contributed by atoms with E-state index in [0.29, 0.717) is 39.5 Å². The first-order valence-electron chi connectivity index (χ1n) is 13.8. The standard InChI is InChI=1S/C26H52N4O7/c1-5-6-7-8-9-10-20-36-24-30-17-12-27(19-21-37-35-4)11-13-28(22-25(31)33-2)14-15-29(16-18-30)23-26(32)34-3/h5-24H2,1-4H3. The van der Waals surface area contributed by atoms with Crippen molar-refractivity contribution in [2.24, 2.45) is 0 Å². The fraction of sp³-hybridized carbons (Fsp3) is 0.923. The van der Waals surface area contributed by atoms with Crippen molar-refractivity contribution in [3.63, 3.8) is 0 Å². The van der Waals surface area contributed by atoms with Gasteiger partial charge in [-0.2, -0.15) is 0 Å². The SMILES string of the molecule is CCCCCCCCOCN1CCN(CCOOC)CCN(CC(=O)OC)CCN(CC(=O)OC)CC1. The second kappa shape index (κ2) is 22.6. The first-order valence-corrected chi connectivity index (χ1v) is 13.8. The molecule has 1 aliphatic rings. The summed E-state index contributed by atoms with van der Waals surface area (Å²) < 4.78 is 15.8. The highest BCUT2D eigenvalue weighted by atomic mass is 17.2. The third kappa shape index (κ3) is 17.7. The van der Waals surface area contributed by atoms with Gasteiger partial charge in [0.25, 0.3) is 0 Å². The number of hydrogen-bond donors (Lipinski definition) is 0. The molecule has 0 amide bonds. The number of esters is 2. The minimum absolute atomic E-state index is 0.212. The molecule has 218 valence electrons. The Labute approximate surface area is 224 Å². The molecular formula is C26H52N4O7. The zero-order valence-electron chi connectivity index (χ0n) is 23.8. The van der Waals surface area contributed by atoms with E-state index in [2.05, 4.69) is 26.5 Å². The molecule has 0 aromatic rings. The molecule has 11 heteroatoms. The molecule has 0 aromatic heterocycles. The molecule has 0 atom stereocenters. The van der Waals surface area contributed by atoms with E-state index < -0.39 is 0 Å². The highest BCUT2D eigenvalue weighted by molar-refractivity contribution is 5.71. The summed E-state index contributed by atoms with van der Waals surface area (Å²) in [6.45, 7) is 11.1.